The Morgan fingerprint density at radius 2 is 1.91 bits per heavy atom. The molecule has 5 heteroatoms. The minimum Gasteiger partial charge on any atom is -0.377 e. The predicted octanol–water partition coefficient (Wildman–Crippen LogP) is 2.60. The Hall–Kier alpha value is -1.10. The highest BCUT2D eigenvalue weighted by Gasteiger charge is 2.24. The maximum absolute atomic E-state index is 12.3. The zero-order valence-corrected chi connectivity index (χ0v) is 14.3. The number of piperazine rings is 1. The van der Waals surface area contributed by atoms with Crippen LogP contribution >= 0.6 is 11.6 Å². The Morgan fingerprint density at radius 1 is 1.17 bits per heavy atom. The van der Waals surface area contributed by atoms with Gasteiger partial charge in [0.05, 0.1) is 6.10 Å². The summed E-state index contributed by atoms with van der Waals surface area (Å²) < 4.78 is 5.69. The standard InChI is InChI=1S/C18H25ClN2O2/c19-16-6-3-15(4-7-16)5-8-18(22)21-11-9-20(10-12-21)14-17-2-1-13-23-17/h3-4,6-7,17H,1-2,5,8-14H2. The topological polar surface area (TPSA) is 32.8 Å². The lowest BCUT2D eigenvalue weighted by Gasteiger charge is -2.35. The van der Waals surface area contributed by atoms with E-state index in [1.165, 1.54) is 18.4 Å². The van der Waals surface area contributed by atoms with Gasteiger partial charge in [-0.15, -0.1) is 0 Å². The molecule has 1 amide bonds. The molecule has 2 aliphatic heterocycles. The van der Waals surface area contributed by atoms with Crippen molar-refractivity contribution in [1.82, 2.24) is 9.80 Å². The van der Waals surface area contributed by atoms with E-state index >= 15 is 0 Å². The maximum atomic E-state index is 12.3. The fourth-order valence-electron chi connectivity index (χ4n) is 3.32. The van der Waals surface area contributed by atoms with Crippen LogP contribution in [0.2, 0.25) is 5.02 Å². The smallest absolute Gasteiger partial charge is 0.222 e. The fraction of sp³-hybridized carbons (Fsp3) is 0.611. The van der Waals surface area contributed by atoms with Crippen LogP contribution in [0.3, 0.4) is 0 Å². The van der Waals surface area contributed by atoms with Crippen LogP contribution in [0.5, 0.6) is 0 Å². The van der Waals surface area contributed by atoms with E-state index < -0.39 is 0 Å². The molecule has 126 valence electrons. The first-order valence-corrected chi connectivity index (χ1v) is 8.95. The van der Waals surface area contributed by atoms with Crippen LogP contribution < -0.4 is 0 Å². The molecular weight excluding hydrogens is 312 g/mol. The summed E-state index contributed by atoms with van der Waals surface area (Å²) in [5, 5.41) is 0.738. The molecule has 0 aliphatic carbocycles. The number of hydrogen-bond acceptors (Lipinski definition) is 3. The highest BCUT2D eigenvalue weighted by molar-refractivity contribution is 6.30. The predicted molar refractivity (Wildman–Crippen MR) is 91.8 cm³/mol. The second kappa shape index (κ2) is 8.13. The van der Waals surface area contributed by atoms with Crippen LogP contribution in [-0.2, 0) is 16.0 Å². The zero-order chi connectivity index (χ0) is 16.1. The minimum atomic E-state index is 0.261. The molecule has 0 spiro atoms. The van der Waals surface area contributed by atoms with Gasteiger partial charge >= 0.3 is 0 Å². The fourth-order valence-corrected chi connectivity index (χ4v) is 3.44. The highest BCUT2D eigenvalue weighted by Crippen LogP contribution is 2.15. The molecule has 23 heavy (non-hydrogen) atoms. The molecule has 3 rings (SSSR count). The molecule has 0 N–H and O–H groups in total. The van der Waals surface area contributed by atoms with Crippen molar-refractivity contribution in [1.29, 1.82) is 0 Å². The SMILES string of the molecule is O=C(CCc1ccc(Cl)cc1)N1CCN(CC2CCCO2)CC1. The quantitative estimate of drug-likeness (QED) is 0.828. The first-order valence-electron chi connectivity index (χ1n) is 8.57. The lowest BCUT2D eigenvalue weighted by atomic mass is 10.1. The van der Waals surface area contributed by atoms with Gasteiger partial charge in [0, 0.05) is 50.8 Å². The molecule has 2 heterocycles. The van der Waals surface area contributed by atoms with E-state index in [2.05, 4.69) is 4.90 Å². The molecule has 0 radical (unpaired) electrons. The van der Waals surface area contributed by atoms with Crippen LogP contribution in [0.25, 0.3) is 0 Å². The number of aryl methyl sites for hydroxylation is 1. The summed E-state index contributed by atoms with van der Waals surface area (Å²) in [5.74, 6) is 0.261. The summed E-state index contributed by atoms with van der Waals surface area (Å²) in [6.45, 7) is 5.54. The second-order valence-electron chi connectivity index (χ2n) is 6.44. The summed E-state index contributed by atoms with van der Waals surface area (Å²) in [6, 6.07) is 7.75. The van der Waals surface area contributed by atoms with Crippen molar-refractivity contribution >= 4 is 17.5 Å². The molecule has 1 atom stereocenters. The third-order valence-corrected chi connectivity index (χ3v) is 5.00. The van der Waals surface area contributed by atoms with Crippen LogP contribution in [-0.4, -0.2) is 61.1 Å². The van der Waals surface area contributed by atoms with Crippen molar-refractivity contribution < 1.29 is 9.53 Å². The largest absolute Gasteiger partial charge is 0.377 e. The molecule has 2 fully saturated rings. The van der Waals surface area contributed by atoms with Crippen LogP contribution in [0.1, 0.15) is 24.8 Å². The van der Waals surface area contributed by atoms with E-state index in [0.717, 1.165) is 50.8 Å². The van der Waals surface area contributed by atoms with Crippen LogP contribution in [0.15, 0.2) is 24.3 Å². The number of carbonyl (C=O) groups is 1. The molecule has 1 unspecified atom stereocenters. The molecule has 2 aliphatic rings. The van der Waals surface area contributed by atoms with Gasteiger partial charge in [-0.1, -0.05) is 23.7 Å². The lowest BCUT2D eigenvalue weighted by Crippen LogP contribution is -2.50. The number of carbonyl (C=O) groups excluding carboxylic acids is 1. The molecule has 4 nitrogen and oxygen atoms in total. The number of nitrogens with zero attached hydrogens (tertiary/aromatic N) is 2. The Bertz CT molecular complexity index is 506. The number of halogens is 1. The molecule has 1 aromatic carbocycles. The average Bonchev–Trinajstić information content (AvgIpc) is 3.08. The van der Waals surface area contributed by atoms with Crippen molar-refractivity contribution in [2.24, 2.45) is 0 Å². The third-order valence-electron chi connectivity index (χ3n) is 4.75. The van der Waals surface area contributed by atoms with Crippen molar-refractivity contribution in [3.63, 3.8) is 0 Å². The summed E-state index contributed by atoms with van der Waals surface area (Å²) in [4.78, 5) is 16.8. The average molecular weight is 337 g/mol. The Morgan fingerprint density at radius 3 is 2.57 bits per heavy atom. The maximum Gasteiger partial charge on any atom is 0.222 e. The summed E-state index contributed by atoms with van der Waals surface area (Å²) in [7, 11) is 0. The number of hydrogen-bond donors (Lipinski definition) is 0. The monoisotopic (exact) mass is 336 g/mol. The number of ether oxygens (including phenoxy) is 1. The van der Waals surface area contributed by atoms with E-state index in [4.69, 9.17) is 16.3 Å². The van der Waals surface area contributed by atoms with Crippen molar-refractivity contribution in [2.75, 3.05) is 39.3 Å². The molecule has 0 saturated carbocycles. The second-order valence-corrected chi connectivity index (χ2v) is 6.88. The molecule has 0 aromatic heterocycles. The molecule has 2 saturated heterocycles. The Kier molecular flexibility index (Phi) is 5.92. The van der Waals surface area contributed by atoms with Crippen molar-refractivity contribution in [3.05, 3.63) is 34.9 Å². The van der Waals surface area contributed by atoms with E-state index in [0.29, 0.717) is 12.5 Å². The minimum absolute atomic E-state index is 0.261. The van der Waals surface area contributed by atoms with E-state index in [-0.39, 0.29) is 5.91 Å². The summed E-state index contributed by atoms with van der Waals surface area (Å²) in [6.07, 6.45) is 4.13. The van der Waals surface area contributed by atoms with Crippen LogP contribution in [0, 0.1) is 0 Å². The Balaban J connectivity index is 1.38. The van der Waals surface area contributed by atoms with Gasteiger partial charge in [-0.25, -0.2) is 0 Å². The van der Waals surface area contributed by atoms with E-state index in [1.54, 1.807) is 0 Å². The number of benzene rings is 1. The van der Waals surface area contributed by atoms with Gasteiger partial charge in [0.25, 0.3) is 0 Å². The molecule has 1 aromatic rings. The summed E-state index contributed by atoms with van der Waals surface area (Å²) >= 11 is 5.88. The van der Waals surface area contributed by atoms with Crippen molar-refractivity contribution in [3.8, 4) is 0 Å². The first kappa shape index (κ1) is 16.7. The van der Waals surface area contributed by atoms with Gasteiger partial charge < -0.3 is 9.64 Å². The van der Waals surface area contributed by atoms with Gasteiger partial charge in [0.1, 0.15) is 0 Å². The van der Waals surface area contributed by atoms with Gasteiger partial charge in [0.15, 0.2) is 0 Å². The van der Waals surface area contributed by atoms with Crippen LogP contribution in [0.4, 0.5) is 0 Å². The molecular formula is C18H25ClN2O2. The van der Waals surface area contributed by atoms with Gasteiger partial charge in [0.2, 0.25) is 5.91 Å². The van der Waals surface area contributed by atoms with Gasteiger partial charge in [-0.05, 0) is 37.0 Å². The van der Waals surface area contributed by atoms with Gasteiger partial charge in [-0.3, -0.25) is 9.69 Å². The zero-order valence-electron chi connectivity index (χ0n) is 13.5. The number of rotatable bonds is 5. The Labute approximate surface area is 143 Å². The van der Waals surface area contributed by atoms with Gasteiger partial charge in [-0.2, -0.15) is 0 Å². The van der Waals surface area contributed by atoms with Crippen molar-refractivity contribution in [2.45, 2.75) is 31.8 Å². The molecule has 0 bridgehead atoms. The highest BCUT2D eigenvalue weighted by atomic mass is 35.5. The lowest BCUT2D eigenvalue weighted by molar-refractivity contribution is -0.133. The first-order chi connectivity index (χ1) is 11.2. The van der Waals surface area contributed by atoms with E-state index in [1.807, 2.05) is 29.2 Å². The normalized spacial score (nSPS) is 22.5. The summed E-state index contributed by atoms with van der Waals surface area (Å²) in [5.41, 5.74) is 1.17. The number of amides is 1. The van der Waals surface area contributed by atoms with E-state index in [9.17, 15) is 4.79 Å². The third kappa shape index (κ3) is 4.93.